The maximum absolute atomic E-state index is 12.6. The normalized spacial score (nSPS) is 10.5. The molecule has 0 aliphatic heterocycles. The summed E-state index contributed by atoms with van der Waals surface area (Å²) in [4.78, 5) is 35.6. The number of amides is 1. The summed E-state index contributed by atoms with van der Waals surface area (Å²) < 4.78 is 1.19. The molecule has 1 amide bonds. The molecule has 0 radical (unpaired) electrons. The van der Waals surface area contributed by atoms with E-state index >= 15 is 0 Å². The molecule has 0 unspecified atom stereocenters. The number of hydrogen-bond donors (Lipinski definition) is 2. The molecule has 9 heteroatoms. The molecule has 142 valence electrons. The Labute approximate surface area is 159 Å². The van der Waals surface area contributed by atoms with Crippen LogP contribution in [-0.2, 0) is 6.61 Å². The largest absolute Gasteiger partial charge is 0.392 e. The van der Waals surface area contributed by atoms with Gasteiger partial charge in [-0.25, -0.2) is 4.68 Å². The summed E-state index contributed by atoms with van der Waals surface area (Å²) in [6, 6.07) is 13.6. The van der Waals surface area contributed by atoms with E-state index in [1.807, 2.05) is 0 Å². The van der Waals surface area contributed by atoms with Gasteiger partial charge in [-0.2, -0.15) is 5.10 Å². The summed E-state index contributed by atoms with van der Waals surface area (Å²) in [7, 11) is 0. The molecule has 1 heterocycles. The van der Waals surface area contributed by atoms with E-state index in [9.17, 15) is 24.8 Å². The van der Waals surface area contributed by atoms with Crippen LogP contribution in [-0.4, -0.2) is 25.7 Å². The Balaban J connectivity index is 2.04. The van der Waals surface area contributed by atoms with Gasteiger partial charge in [0.25, 0.3) is 11.6 Å². The van der Waals surface area contributed by atoms with E-state index in [-0.39, 0.29) is 18.0 Å². The van der Waals surface area contributed by atoms with Crippen molar-refractivity contribution in [1.29, 1.82) is 0 Å². The number of carbonyl (C=O) groups is 1. The van der Waals surface area contributed by atoms with Gasteiger partial charge in [0, 0.05) is 23.5 Å². The molecular formula is C19H16N4O5. The minimum Gasteiger partial charge on any atom is -0.392 e. The highest BCUT2D eigenvalue weighted by atomic mass is 16.6. The molecule has 0 bridgehead atoms. The maximum atomic E-state index is 12.6. The number of carbonyl (C=O) groups excluding carboxylic acids is 1. The zero-order chi connectivity index (χ0) is 20.3. The van der Waals surface area contributed by atoms with Crippen LogP contribution in [0.1, 0.15) is 21.7 Å². The lowest BCUT2D eigenvalue weighted by atomic mass is 10.2. The first-order chi connectivity index (χ1) is 13.4. The van der Waals surface area contributed by atoms with Crippen LogP contribution in [0.3, 0.4) is 0 Å². The van der Waals surface area contributed by atoms with Crippen molar-refractivity contribution < 1.29 is 14.8 Å². The van der Waals surface area contributed by atoms with Gasteiger partial charge in [-0.1, -0.05) is 24.3 Å². The number of nitrogens with zero attached hydrogens (tertiary/aromatic N) is 3. The van der Waals surface area contributed by atoms with Gasteiger partial charge < -0.3 is 10.4 Å². The van der Waals surface area contributed by atoms with Crippen LogP contribution >= 0.6 is 0 Å². The summed E-state index contributed by atoms with van der Waals surface area (Å²) in [5, 5.41) is 27.1. The second-order valence-corrected chi connectivity index (χ2v) is 5.97. The lowest BCUT2D eigenvalue weighted by molar-refractivity contribution is -0.384. The Hall–Kier alpha value is -3.85. The topological polar surface area (TPSA) is 127 Å². The molecule has 9 nitrogen and oxygen atoms in total. The lowest BCUT2D eigenvalue weighted by Crippen LogP contribution is -2.27. The first-order valence-electron chi connectivity index (χ1n) is 8.26. The van der Waals surface area contributed by atoms with E-state index in [2.05, 4.69) is 10.4 Å². The number of aliphatic hydroxyl groups is 1. The second kappa shape index (κ2) is 7.80. The molecule has 3 rings (SSSR count). The first kappa shape index (κ1) is 18.9. The Morgan fingerprint density at radius 1 is 1.21 bits per heavy atom. The Kier molecular flexibility index (Phi) is 5.28. The number of nitro groups is 1. The zero-order valence-electron chi connectivity index (χ0n) is 14.8. The molecule has 0 spiro atoms. The summed E-state index contributed by atoms with van der Waals surface area (Å²) in [5.41, 5.74) is 0.243. The molecule has 2 N–H and O–H groups in total. The van der Waals surface area contributed by atoms with Crippen molar-refractivity contribution in [2.45, 2.75) is 13.5 Å². The molecule has 0 saturated heterocycles. The number of nitrogens with one attached hydrogen (secondary N) is 1. The summed E-state index contributed by atoms with van der Waals surface area (Å²) in [5.74, 6) is -0.757. The van der Waals surface area contributed by atoms with Crippen molar-refractivity contribution in [1.82, 2.24) is 9.78 Å². The molecule has 3 aromatic rings. The maximum Gasteiger partial charge on any atom is 0.294 e. The van der Waals surface area contributed by atoms with Crippen molar-refractivity contribution >= 4 is 17.3 Å². The van der Waals surface area contributed by atoms with E-state index in [1.54, 1.807) is 37.3 Å². The summed E-state index contributed by atoms with van der Waals surface area (Å²) in [6.45, 7) is 1.37. The highest BCUT2D eigenvalue weighted by molar-refractivity contribution is 6.02. The van der Waals surface area contributed by atoms with Gasteiger partial charge in [0.15, 0.2) is 5.69 Å². The summed E-state index contributed by atoms with van der Waals surface area (Å²) >= 11 is 0. The van der Waals surface area contributed by atoms with Gasteiger partial charge in [-0.05, 0) is 30.7 Å². The van der Waals surface area contributed by atoms with Crippen LogP contribution in [0.15, 0.2) is 59.4 Å². The van der Waals surface area contributed by atoms with Crippen molar-refractivity contribution in [2.75, 3.05) is 5.32 Å². The van der Waals surface area contributed by atoms with Crippen LogP contribution in [0, 0.1) is 17.0 Å². The number of nitro benzene ring substituents is 1. The lowest BCUT2D eigenvalue weighted by Gasteiger charge is -2.12. The zero-order valence-corrected chi connectivity index (χ0v) is 14.8. The molecule has 0 fully saturated rings. The quantitative estimate of drug-likeness (QED) is 0.516. The predicted molar refractivity (Wildman–Crippen MR) is 102 cm³/mol. The second-order valence-electron chi connectivity index (χ2n) is 5.97. The van der Waals surface area contributed by atoms with Crippen molar-refractivity contribution in [3.05, 3.63) is 91.9 Å². The van der Waals surface area contributed by atoms with Gasteiger partial charge >= 0.3 is 0 Å². The number of anilines is 1. The monoisotopic (exact) mass is 380 g/mol. The molecule has 28 heavy (non-hydrogen) atoms. The number of rotatable bonds is 5. The number of benzene rings is 2. The Morgan fingerprint density at radius 3 is 2.68 bits per heavy atom. The minimum absolute atomic E-state index is 0.140. The van der Waals surface area contributed by atoms with E-state index in [0.29, 0.717) is 16.9 Å². The molecule has 0 saturated carbocycles. The van der Waals surface area contributed by atoms with Crippen LogP contribution in [0.2, 0.25) is 0 Å². The van der Waals surface area contributed by atoms with Gasteiger partial charge in [-0.3, -0.25) is 19.7 Å². The van der Waals surface area contributed by atoms with Crippen LogP contribution in [0.4, 0.5) is 11.4 Å². The highest BCUT2D eigenvalue weighted by Crippen LogP contribution is 2.22. The standard InChI is InChI=1S/C19H16N4O5/c1-12-9-17(25)18(19(26)20-14-6-4-5-13(10-14)11-24)21-22(12)15-7-2-3-8-16(15)23(27)28/h2-10,24H,11H2,1H3,(H,20,26). The average molecular weight is 380 g/mol. The van der Waals surface area contributed by atoms with Crippen LogP contribution in [0.25, 0.3) is 5.69 Å². The smallest absolute Gasteiger partial charge is 0.294 e. The van der Waals surface area contributed by atoms with Crippen LogP contribution < -0.4 is 10.7 Å². The predicted octanol–water partition coefficient (Wildman–Crippen LogP) is 2.19. The third-order valence-electron chi connectivity index (χ3n) is 4.00. The van der Waals surface area contributed by atoms with Crippen LogP contribution in [0.5, 0.6) is 0 Å². The number of aliphatic hydroxyl groups excluding tert-OH is 1. The fraction of sp³-hybridized carbons (Fsp3) is 0.105. The van der Waals surface area contributed by atoms with E-state index in [1.165, 1.54) is 28.9 Å². The summed E-state index contributed by atoms with van der Waals surface area (Å²) in [6.07, 6.45) is 0. The highest BCUT2D eigenvalue weighted by Gasteiger charge is 2.20. The number of para-hydroxylation sites is 2. The average Bonchev–Trinajstić information content (AvgIpc) is 2.68. The molecule has 0 aliphatic rings. The molecule has 0 atom stereocenters. The fourth-order valence-electron chi connectivity index (χ4n) is 2.68. The van der Waals surface area contributed by atoms with Gasteiger partial charge in [-0.15, -0.1) is 0 Å². The SMILES string of the molecule is Cc1cc(=O)c(C(=O)Nc2cccc(CO)c2)nn1-c1ccccc1[N+](=O)[O-]. The molecule has 1 aromatic heterocycles. The van der Waals surface area contributed by atoms with E-state index in [0.717, 1.165) is 0 Å². The third-order valence-corrected chi connectivity index (χ3v) is 4.00. The van der Waals surface area contributed by atoms with Crippen molar-refractivity contribution in [3.8, 4) is 5.69 Å². The van der Waals surface area contributed by atoms with Gasteiger partial charge in [0.2, 0.25) is 5.43 Å². The molecule has 2 aromatic carbocycles. The van der Waals surface area contributed by atoms with E-state index < -0.39 is 22.0 Å². The van der Waals surface area contributed by atoms with Gasteiger partial charge in [0.05, 0.1) is 11.5 Å². The molecular weight excluding hydrogens is 364 g/mol. The minimum atomic E-state index is -0.757. The van der Waals surface area contributed by atoms with E-state index in [4.69, 9.17) is 0 Å². The van der Waals surface area contributed by atoms with Crippen molar-refractivity contribution in [3.63, 3.8) is 0 Å². The fourth-order valence-corrected chi connectivity index (χ4v) is 2.68. The Bertz CT molecular complexity index is 1120. The van der Waals surface area contributed by atoms with Gasteiger partial charge in [0.1, 0.15) is 5.69 Å². The first-order valence-corrected chi connectivity index (χ1v) is 8.26. The number of aryl methyl sites for hydroxylation is 1. The van der Waals surface area contributed by atoms with Crippen molar-refractivity contribution in [2.24, 2.45) is 0 Å². The number of hydrogen-bond acceptors (Lipinski definition) is 6. The molecule has 0 aliphatic carbocycles. The number of aromatic nitrogens is 2. The third kappa shape index (κ3) is 3.79. The Morgan fingerprint density at radius 2 is 1.96 bits per heavy atom.